The van der Waals surface area contributed by atoms with E-state index < -0.39 is 0 Å². The molecule has 0 aromatic carbocycles. The maximum atomic E-state index is 8.85. The fourth-order valence-corrected chi connectivity index (χ4v) is 1.78. The van der Waals surface area contributed by atoms with Gasteiger partial charge in [0.1, 0.15) is 11.6 Å². The summed E-state index contributed by atoms with van der Waals surface area (Å²) >= 11 is 0. The summed E-state index contributed by atoms with van der Waals surface area (Å²) in [5.74, 6) is 1.67. The summed E-state index contributed by atoms with van der Waals surface area (Å²) in [6.07, 6.45) is 1.84. The van der Waals surface area contributed by atoms with Gasteiger partial charge in [-0.2, -0.15) is 0 Å². The Balaban J connectivity index is 2.54. The van der Waals surface area contributed by atoms with E-state index in [1.165, 1.54) is 0 Å². The minimum Gasteiger partial charge on any atom is -0.396 e. The van der Waals surface area contributed by atoms with Gasteiger partial charge in [0, 0.05) is 24.9 Å². The van der Waals surface area contributed by atoms with Gasteiger partial charge < -0.3 is 10.4 Å². The van der Waals surface area contributed by atoms with E-state index in [-0.39, 0.29) is 12.0 Å². The van der Waals surface area contributed by atoms with Crippen LogP contribution in [0.15, 0.2) is 6.07 Å². The quantitative estimate of drug-likeness (QED) is 0.797. The zero-order chi connectivity index (χ0) is 12.9. The Hall–Kier alpha value is -1.16. The van der Waals surface area contributed by atoms with E-state index in [1.54, 1.807) is 0 Å². The SMILES string of the molecule is Cc1cc(NCC(C)(C)CCCO)nc(C)n1. The summed E-state index contributed by atoms with van der Waals surface area (Å²) in [6.45, 7) is 9.36. The summed E-state index contributed by atoms with van der Waals surface area (Å²) in [5, 5.41) is 12.2. The molecule has 0 aliphatic rings. The molecule has 1 heterocycles. The highest BCUT2D eigenvalue weighted by Crippen LogP contribution is 2.22. The Bertz CT molecular complexity index is 343. The van der Waals surface area contributed by atoms with E-state index in [9.17, 15) is 0 Å². The van der Waals surface area contributed by atoms with Gasteiger partial charge >= 0.3 is 0 Å². The van der Waals surface area contributed by atoms with Crippen LogP contribution in [0.2, 0.25) is 0 Å². The number of aliphatic hydroxyl groups is 1. The molecule has 0 unspecified atom stereocenters. The van der Waals surface area contributed by atoms with Crippen molar-refractivity contribution >= 4 is 5.82 Å². The van der Waals surface area contributed by atoms with Crippen molar-refractivity contribution in [3.05, 3.63) is 17.6 Å². The standard InChI is InChI=1S/C13H23N3O/c1-10-8-12(16-11(2)15-10)14-9-13(3,4)6-5-7-17/h8,17H,5-7,9H2,1-4H3,(H,14,15,16). The number of rotatable bonds is 6. The first kappa shape index (κ1) is 13.9. The second-order valence-corrected chi connectivity index (χ2v) is 5.29. The molecule has 17 heavy (non-hydrogen) atoms. The van der Waals surface area contributed by atoms with Gasteiger partial charge in [0.05, 0.1) is 0 Å². The van der Waals surface area contributed by atoms with E-state index >= 15 is 0 Å². The molecule has 0 saturated heterocycles. The molecule has 0 fully saturated rings. The molecule has 4 heteroatoms. The predicted molar refractivity (Wildman–Crippen MR) is 70.1 cm³/mol. The number of nitrogens with zero attached hydrogens (tertiary/aromatic N) is 2. The average Bonchev–Trinajstić information content (AvgIpc) is 2.23. The van der Waals surface area contributed by atoms with Crippen LogP contribution in [0.25, 0.3) is 0 Å². The highest BCUT2D eigenvalue weighted by molar-refractivity contribution is 5.35. The third-order valence-corrected chi connectivity index (χ3v) is 2.73. The van der Waals surface area contributed by atoms with Crippen LogP contribution in [0.5, 0.6) is 0 Å². The van der Waals surface area contributed by atoms with Gasteiger partial charge in [-0.3, -0.25) is 0 Å². The fraction of sp³-hybridized carbons (Fsp3) is 0.692. The van der Waals surface area contributed by atoms with Crippen molar-refractivity contribution in [1.82, 2.24) is 9.97 Å². The van der Waals surface area contributed by atoms with Gasteiger partial charge in [-0.25, -0.2) is 9.97 Å². The van der Waals surface area contributed by atoms with Gasteiger partial charge in [0.25, 0.3) is 0 Å². The molecule has 2 N–H and O–H groups in total. The van der Waals surface area contributed by atoms with Gasteiger partial charge in [-0.05, 0) is 32.1 Å². The van der Waals surface area contributed by atoms with Crippen LogP contribution < -0.4 is 5.32 Å². The molecule has 4 nitrogen and oxygen atoms in total. The molecule has 0 aliphatic carbocycles. The van der Waals surface area contributed by atoms with Crippen LogP contribution in [0.1, 0.15) is 38.2 Å². The Morgan fingerprint density at radius 1 is 1.29 bits per heavy atom. The van der Waals surface area contributed by atoms with E-state index in [2.05, 4.69) is 29.1 Å². The van der Waals surface area contributed by atoms with Crippen LogP contribution in [-0.4, -0.2) is 28.2 Å². The van der Waals surface area contributed by atoms with Crippen molar-refractivity contribution < 1.29 is 5.11 Å². The Labute approximate surface area is 103 Å². The van der Waals surface area contributed by atoms with E-state index in [0.717, 1.165) is 36.7 Å². The molecule has 1 aromatic rings. The smallest absolute Gasteiger partial charge is 0.129 e. The molecule has 0 atom stereocenters. The number of hydrogen-bond donors (Lipinski definition) is 2. The topological polar surface area (TPSA) is 58.0 Å². The predicted octanol–water partition coefficient (Wildman–Crippen LogP) is 2.30. The van der Waals surface area contributed by atoms with Crippen LogP contribution >= 0.6 is 0 Å². The molecule has 0 saturated carbocycles. The van der Waals surface area contributed by atoms with Gasteiger partial charge in [0.2, 0.25) is 0 Å². The second-order valence-electron chi connectivity index (χ2n) is 5.29. The summed E-state index contributed by atoms with van der Waals surface area (Å²) in [5.41, 5.74) is 1.14. The lowest BCUT2D eigenvalue weighted by Crippen LogP contribution is -2.24. The summed E-state index contributed by atoms with van der Waals surface area (Å²) in [7, 11) is 0. The van der Waals surface area contributed by atoms with Crippen LogP contribution in [0.4, 0.5) is 5.82 Å². The zero-order valence-corrected chi connectivity index (χ0v) is 11.2. The second kappa shape index (κ2) is 5.96. The Morgan fingerprint density at radius 3 is 2.59 bits per heavy atom. The van der Waals surface area contributed by atoms with Crippen molar-refractivity contribution in [2.24, 2.45) is 5.41 Å². The maximum Gasteiger partial charge on any atom is 0.129 e. The molecule has 0 amide bonds. The molecule has 0 radical (unpaired) electrons. The largest absolute Gasteiger partial charge is 0.396 e. The third kappa shape index (κ3) is 5.13. The van der Waals surface area contributed by atoms with Crippen LogP contribution in [-0.2, 0) is 0 Å². The lowest BCUT2D eigenvalue weighted by molar-refractivity contribution is 0.248. The average molecular weight is 237 g/mol. The lowest BCUT2D eigenvalue weighted by Gasteiger charge is -2.25. The number of aromatic nitrogens is 2. The summed E-state index contributed by atoms with van der Waals surface area (Å²) < 4.78 is 0. The first-order valence-corrected chi connectivity index (χ1v) is 6.10. The van der Waals surface area contributed by atoms with Crippen molar-refractivity contribution in [2.75, 3.05) is 18.5 Å². The van der Waals surface area contributed by atoms with Crippen molar-refractivity contribution in [3.8, 4) is 0 Å². The van der Waals surface area contributed by atoms with Gasteiger partial charge in [-0.1, -0.05) is 13.8 Å². The third-order valence-electron chi connectivity index (χ3n) is 2.73. The number of anilines is 1. The number of hydrogen-bond acceptors (Lipinski definition) is 4. The Morgan fingerprint density at radius 2 is 2.00 bits per heavy atom. The number of aliphatic hydroxyl groups excluding tert-OH is 1. The minimum absolute atomic E-state index is 0.162. The van der Waals surface area contributed by atoms with Crippen LogP contribution in [0, 0.1) is 19.3 Å². The lowest BCUT2D eigenvalue weighted by atomic mass is 9.88. The number of aryl methyl sites for hydroxylation is 2. The molecule has 1 aromatic heterocycles. The zero-order valence-electron chi connectivity index (χ0n) is 11.2. The fourth-order valence-electron chi connectivity index (χ4n) is 1.78. The highest BCUT2D eigenvalue weighted by atomic mass is 16.2. The van der Waals surface area contributed by atoms with Crippen molar-refractivity contribution in [3.63, 3.8) is 0 Å². The van der Waals surface area contributed by atoms with Crippen LogP contribution in [0.3, 0.4) is 0 Å². The van der Waals surface area contributed by atoms with Gasteiger partial charge in [0.15, 0.2) is 0 Å². The highest BCUT2D eigenvalue weighted by Gasteiger charge is 2.17. The first-order valence-electron chi connectivity index (χ1n) is 6.10. The molecule has 96 valence electrons. The summed E-state index contributed by atoms with van der Waals surface area (Å²) in [4.78, 5) is 8.59. The van der Waals surface area contributed by atoms with Crippen molar-refractivity contribution in [2.45, 2.75) is 40.5 Å². The first-order chi connectivity index (χ1) is 7.93. The van der Waals surface area contributed by atoms with Gasteiger partial charge in [-0.15, -0.1) is 0 Å². The van der Waals surface area contributed by atoms with E-state index in [4.69, 9.17) is 5.11 Å². The van der Waals surface area contributed by atoms with Crippen molar-refractivity contribution in [1.29, 1.82) is 0 Å². The Kier molecular flexibility index (Phi) is 4.87. The summed E-state index contributed by atoms with van der Waals surface area (Å²) in [6, 6.07) is 1.95. The maximum absolute atomic E-state index is 8.85. The minimum atomic E-state index is 0.162. The molecule has 0 aliphatic heterocycles. The number of nitrogens with one attached hydrogen (secondary N) is 1. The monoisotopic (exact) mass is 237 g/mol. The molecule has 0 spiro atoms. The normalized spacial score (nSPS) is 11.6. The molecular formula is C13H23N3O. The van der Waals surface area contributed by atoms with E-state index in [0.29, 0.717) is 0 Å². The molecular weight excluding hydrogens is 214 g/mol. The van der Waals surface area contributed by atoms with E-state index in [1.807, 2.05) is 19.9 Å². The molecule has 0 bridgehead atoms. The molecule has 1 rings (SSSR count).